The quantitative estimate of drug-likeness (QED) is 0.579. The first-order chi connectivity index (χ1) is 14.1. The Bertz CT molecular complexity index is 1090. The van der Waals surface area contributed by atoms with Crippen molar-refractivity contribution in [3.05, 3.63) is 40.4 Å². The zero-order valence-electron chi connectivity index (χ0n) is 16.5. The molecule has 0 radical (unpaired) electrons. The third-order valence-electron chi connectivity index (χ3n) is 4.64. The number of aryl methyl sites for hydroxylation is 1. The number of urea groups is 1. The van der Waals surface area contributed by atoms with Crippen molar-refractivity contribution in [3.63, 3.8) is 0 Å². The van der Waals surface area contributed by atoms with E-state index in [1.165, 1.54) is 6.20 Å². The van der Waals surface area contributed by atoms with Gasteiger partial charge in [0.1, 0.15) is 4.88 Å². The Hall–Kier alpha value is -2.79. The van der Waals surface area contributed by atoms with Crippen LogP contribution >= 0.6 is 11.3 Å². The summed E-state index contributed by atoms with van der Waals surface area (Å²) in [5.74, 6) is -0.822. The highest BCUT2D eigenvalue weighted by Crippen LogP contribution is 2.31. The van der Waals surface area contributed by atoms with Gasteiger partial charge < -0.3 is 5.32 Å². The van der Waals surface area contributed by atoms with Gasteiger partial charge >= 0.3 is 6.03 Å². The molecule has 2 aromatic rings. The smallest absolute Gasteiger partial charge is 0.307 e. The molecule has 3 amide bonds. The van der Waals surface area contributed by atoms with Gasteiger partial charge in [-0.05, 0) is 31.9 Å². The molecule has 1 saturated carbocycles. The summed E-state index contributed by atoms with van der Waals surface area (Å²) in [5, 5.41) is 5.28. The van der Waals surface area contributed by atoms with Gasteiger partial charge in [-0.25, -0.2) is 22.9 Å². The van der Waals surface area contributed by atoms with Crippen LogP contribution in [0.3, 0.4) is 0 Å². The Labute approximate surface area is 178 Å². The SMILES string of the molecule is Cc1ccc(NC(=O)Nc2ncc(C(=O)NS(C)(=O)=O)s2)c(C(=O)C2CCCC2)c1. The van der Waals surface area contributed by atoms with E-state index in [0.29, 0.717) is 11.3 Å². The average molecular weight is 451 g/mol. The van der Waals surface area contributed by atoms with Gasteiger partial charge in [0.25, 0.3) is 5.91 Å². The molecule has 0 bridgehead atoms. The van der Waals surface area contributed by atoms with Crippen LogP contribution in [0.4, 0.5) is 15.6 Å². The predicted octanol–water partition coefficient (Wildman–Crippen LogP) is 3.16. The van der Waals surface area contributed by atoms with Crippen molar-refractivity contribution >= 4 is 49.9 Å². The van der Waals surface area contributed by atoms with Crippen LogP contribution in [0, 0.1) is 12.8 Å². The Kier molecular flexibility index (Phi) is 6.52. The van der Waals surface area contributed by atoms with Crippen molar-refractivity contribution in [1.82, 2.24) is 9.71 Å². The number of carbonyl (C=O) groups is 3. The van der Waals surface area contributed by atoms with E-state index in [1.54, 1.807) is 18.2 Å². The lowest BCUT2D eigenvalue weighted by Crippen LogP contribution is -2.28. The maximum Gasteiger partial charge on any atom is 0.325 e. The van der Waals surface area contributed by atoms with Crippen LogP contribution in [0.15, 0.2) is 24.4 Å². The first-order valence-corrected chi connectivity index (χ1v) is 12.0. The maximum absolute atomic E-state index is 12.9. The molecule has 1 aliphatic rings. The molecule has 160 valence electrons. The molecule has 3 rings (SSSR count). The van der Waals surface area contributed by atoms with Crippen LogP contribution in [0.1, 0.15) is 51.3 Å². The molecule has 1 aliphatic carbocycles. The van der Waals surface area contributed by atoms with Gasteiger partial charge in [-0.3, -0.25) is 14.9 Å². The van der Waals surface area contributed by atoms with Crippen molar-refractivity contribution in [1.29, 1.82) is 0 Å². The highest BCUT2D eigenvalue weighted by atomic mass is 32.2. The Balaban J connectivity index is 1.70. The van der Waals surface area contributed by atoms with Crippen LogP contribution in [-0.2, 0) is 10.0 Å². The lowest BCUT2D eigenvalue weighted by molar-refractivity contribution is 0.0922. The van der Waals surface area contributed by atoms with Crippen molar-refractivity contribution < 1.29 is 22.8 Å². The van der Waals surface area contributed by atoms with Gasteiger partial charge in [0.2, 0.25) is 10.0 Å². The number of carbonyl (C=O) groups excluding carboxylic acids is 3. The second-order valence-electron chi connectivity index (χ2n) is 7.21. The lowest BCUT2D eigenvalue weighted by atomic mass is 9.94. The summed E-state index contributed by atoms with van der Waals surface area (Å²) >= 11 is 0.827. The molecule has 30 heavy (non-hydrogen) atoms. The second-order valence-corrected chi connectivity index (χ2v) is 9.99. The summed E-state index contributed by atoms with van der Waals surface area (Å²) in [6, 6.07) is 4.64. The van der Waals surface area contributed by atoms with E-state index < -0.39 is 22.0 Å². The third-order valence-corrected chi connectivity index (χ3v) is 6.11. The molecular formula is C19H22N4O5S2. The van der Waals surface area contributed by atoms with Gasteiger partial charge in [0.15, 0.2) is 10.9 Å². The minimum atomic E-state index is -3.70. The Morgan fingerprint density at radius 2 is 1.83 bits per heavy atom. The molecule has 11 heteroatoms. The van der Waals surface area contributed by atoms with Crippen LogP contribution in [0.2, 0.25) is 0 Å². The van der Waals surface area contributed by atoms with Crippen LogP contribution < -0.4 is 15.4 Å². The summed E-state index contributed by atoms with van der Waals surface area (Å²) in [6.07, 6.45) is 5.81. The number of aromatic nitrogens is 1. The zero-order valence-corrected chi connectivity index (χ0v) is 18.2. The van der Waals surface area contributed by atoms with Crippen molar-refractivity contribution in [2.45, 2.75) is 32.6 Å². The molecule has 1 aromatic carbocycles. The number of nitrogens with zero attached hydrogens (tertiary/aromatic N) is 1. The number of nitrogens with one attached hydrogen (secondary N) is 3. The molecule has 1 aromatic heterocycles. The molecule has 3 N–H and O–H groups in total. The molecule has 0 unspecified atom stereocenters. The fourth-order valence-corrected chi connectivity index (χ4v) is 4.50. The number of ketones is 1. The summed E-state index contributed by atoms with van der Waals surface area (Å²) in [6.45, 7) is 1.88. The van der Waals surface area contributed by atoms with E-state index in [4.69, 9.17) is 0 Å². The first kappa shape index (κ1) is 21.9. The maximum atomic E-state index is 12.9. The number of sulfonamides is 1. The number of amides is 3. The highest BCUT2D eigenvalue weighted by Gasteiger charge is 2.26. The van der Waals surface area contributed by atoms with E-state index >= 15 is 0 Å². The normalized spacial score (nSPS) is 14.3. The largest absolute Gasteiger partial charge is 0.325 e. The molecule has 0 aliphatic heterocycles. The molecule has 1 fully saturated rings. The number of hydrogen-bond acceptors (Lipinski definition) is 7. The van der Waals surface area contributed by atoms with Crippen molar-refractivity contribution in [2.24, 2.45) is 5.92 Å². The van der Waals surface area contributed by atoms with Crippen LogP contribution in [0.25, 0.3) is 0 Å². The van der Waals surface area contributed by atoms with Gasteiger partial charge in [0.05, 0.1) is 18.1 Å². The fraction of sp³-hybridized carbons (Fsp3) is 0.368. The molecule has 1 heterocycles. The van der Waals surface area contributed by atoms with Gasteiger partial charge in [-0.2, -0.15) is 0 Å². The van der Waals surface area contributed by atoms with Gasteiger partial charge in [-0.1, -0.05) is 35.8 Å². The number of thiazole rings is 1. The van der Waals surface area contributed by atoms with Crippen molar-refractivity contribution in [2.75, 3.05) is 16.9 Å². The minimum Gasteiger partial charge on any atom is -0.307 e. The molecule has 9 nitrogen and oxygen atoms in total. The average Bonchev–Trinajstić information content (AvgIpc) is 3.33. The van der Waals surface area contributed by atoms with E-state index in [9.17, 15) is 22.8 Å². The topological polar surface area (TPSA) is 134 Å². The van der Waals surface area contributed by atoms with Gasteiger partial charge in [-0.15, -0.1) is 0 Å². The standard InChI is InChI=1S/C19H22N4O5S2/c1-11-7-8-14(13(9-11)16(24)12-5-3-4-6-12)21-18(26)22-19-20-10-15(29-19)17(25)23-30(2,27)28/h7-10,12H,3-6H2,1-2H3,(H,23,25)(H2,20,21,22,26). The molecule has 0 saturated heterocycles. The summed E-state index contributed by atoms with van der Waals surface area (Å²) in [7, 11) is -3.70. The summed E-state index contributed by atoms with van der Waals surface area (Å²) in [4.78, 5) is 41.1. The molecular weight excluding hydrogens is 428 g/mol. The Morgan fingerprint density at radius 3 is 2.50 bits per heavy atom. The van der Waals surface area contributed by atoms with Crippen molar-refractivity contribution in [3.8, 4) is 0 Å². The number of anilines is 2. The van der Waals surface area contributed by atoms with E-state index in [-0.39, 0.29) is 21.7 Å². The number of hydrogen-bond donors (Lipinski definition) is 3. The van der Waals surface area contributed by atoms with E-state index in [2.05, 4.69) is 15.6 Å². The second kappa shape index (κ2) is 8.92. The molecule has 0 spiro atoms. The zero-order chi connectivity index (χ0) is 21.9. The fourth-order valence-electron chi connectivity index (χ4n) is 3.29. The number of rotatable bonds is 6. The highest BCUT2D eigenvalue weighted by molar-refractivity contribution is 7.89. The minimum absolute atomic E-state index is 0.0229. The lowest BCUT2D eigenvalue weighted by Gasteiger charge is -2.14. The van der Waals surface area contributed by atoms with E-state index in [1.807, 2.05) is 11.6 Å². The predicted molar refractivity (Wildman–Crippen MR) is 115 cm³/mol. The van der Waals surface area contributed by atoms with E-state index in [0.717, 1.165) is 48.8 Å². The third kappa shape index (κ3) is 5.63. The number of benzene rings is 1. The first-order valence-electron chi connectivity index (χ1n) is 9.33. The summed E-state index contributed by atoms with van der Waals surface area (Å²) < 4.78 is 24.1. The molecule has 0 atom stereocenters. The summed E-state index contributed by atoms with van der Waals surface area (Å²) in [5.41, 5.74) is 1.80. The number of Topliss-reactive ketones (excluding diaryl/α,β-unsaturated/α-hetero) is 1. The van der Waals surface area contributed by atoms with Crippen LogP contribution in [-0.4, -0.2) is 37.4 Å². The van der Waals surface area contributed by atoms with Gasteiger partial charge in [0, 0.05) is 11.5 Å². The Morgan fingerprint density at radius 1 is 1.13 bits per heavy atom. The monoisotopic (exact) mass is 450 g/mol. The van der Waals surface area contributed by atoms with Crippen LogP contribution in [0.5, 0.6) is 0 Å².